The number of primary amides is 1. The minimum atomic E-state index is -0.704. The van der Waals surface area contributed by atoms with Crippen molar-refractivity contribution < 1.29 is 14.5 Å². The van der Waals surface area contributed by atoms with Crippen molar-refractivity contribution in [1.29, 1.82) is 0 Å². The highest BCUT2D eigenvalue weighted by molar-refractivity contribution is 7.16. The molecule has 1 heterocycles. The van der Waals surface area contributed by atoms with E-state index in [0.29, 0.717) is 6.42 Å². The SMILES string of the molecule is CCc1c(C)sc(NC(=O)c2ccc(Cl)cc2[N+](=O)[O-])c1C(N)=O. The number of hydrogen-bond acceptors (Lipinski definition) is 5. The van der Waals surface area contributed by atoms with Gasteiger partial charge in [0.1, 0.15) is 10.6 Å². The molecule has 2 rings (SSSR count). The molecule has 0 atom stereocenters. The Morgan fingerprint density at radius 1 is 1.42 bits per heavy atom. The Hall–Kier alpha value is -2.45. The van der Waals surface area contributed by atoms with E-state index in [1.165, 1.54) is 23.5 Å². The first-order valence-electron chi connectivity index (χ1n) is 6.93. The maximum Gasteiger partial charge on any atom is 0.283 e. The summed E-state index contributed by atoms with van der Waals surface area (Å²) in [6.45, 7) is 3.69. The lowest BCUT2D eigenvalue weighted by Gasteiger charge is -2.06. The summed E-state index contributed by atoms with van der Waals surface area (Å²) in [7, 11) is 0. The molecule has 126 valence electrons. The van der Waals surface area contributed by atoms with Crippen LogP contribution in [-0.4, -0.2) is 16.7 Å². The van der Waals surface area contributed by atoms with Crippen LogP contribution in [0.2, 0.25) is 5.02 Å². The van der Waals surface area contributed by atoms with Crippen molar-refractivity contribution in [2.24, 2.45) is 5.73 Å². The number of aryl methyl sites for hydroxylation is 1. The van der Waals surface area contributed by atoms with Gasteiger partial charge in [-0.1, -0.05) is 18.5 Å². The minimum absolute atomic E-state index is 0.149. The van der Waals surface area contributed by atoms with Crippen LogP contribution in [0.15, 0.2) is 18.2 Å². The molecule has 7 nitrogen and oxygen atoms in total. The molecule has 24 heavy (non-hydrogen) atoms. The van der Waals surface area contributed by atoms with Crippen LogP contribution in [0.4, 0.5) is 10.7 Å². The smallest absolute Gasteiger partial charge is 0.283 e. The average molecular weight is 368 g/mol. The van der Waals surface area contributed by atoms with E-state index in [9.17, 15) is 19.7 Å². The van der Waals surface area contributed by atoms with E-state index in [4.69, 9.17) is 17.3 Å². The monoisotopic (exact) mass is 367 g/mol. The van der Waals surface area contributed by atoms with Gasteiger partial charge >= 0.3 is 0 Å². The van der Waals surface area contributed by atoms with Gasteiger partial charge in [0.05, 0.1) is 10.5 Å². The Morgan fingerprint density at radius 2 is 2.08 bits per heavy atom. The highest BCUT2D eigenvalue weighted by Gasteiger charge is 2.24. The first-order valence-corrected chi connectivity index (χ1v) is 8.13. The molecular formula is C15H14ClN3O4S. The number of nitrogens with zero attached hydrogens (tertiary/aromatic N) is 1. The van der Waals surface area contributed by atoms with E-state index < -0.39 is 22.4 Å². The zero-order valence-electron chi connectivity index (χ0n) is 12.9. The molecule has 0 saturated heterocycles. The number of carbonyl (C=O) groups excluding carboxylic acids is 2. The number of hydrogen-bond donors (Lipinski definition) is 2. The first kappa shape index (κ1) is 17.9. The average Bonchev–Trinajstić information content (AvgIpc) is 2.82. The van der Waals surface area contributed by atoms with E-state index in [1.54, 1.807) is 0 Å². The van der Waals surface area contributed by atoms with Crippen LogP contribution in [0, 0.1) is 17.0 Å². The molecule has 9 heteroatoms. The normalized spacial score (nSPS) is 10.5. The summed E-state index contributed by atoms with van der Waals surface area (Å²) in [6, 6.07) is 3.75. The summed E-state index contributed by atoms with van der Waals surface area (Å²) >= 11 is 6.95. The van der Waals surface area contributed by atoms with Crippen LogP contribution >= 0.6 is 22.9 Å². The fraction of sp³-hybridized carbons (Fsp3) is 0.200. The molecule has 0 fully saturated rings. The van der Waals surface area contributed by atoms with Crippen LogP contribution in [0.1, 0.15) is 38.1 Å². The Balaban J connectivity index is 2.45. The second-order valence-electron chi connectivity index (χ2n) is 4.93. The fourth-order valence-electron chi connectivity index (χ4n) is 2.37. The maximum atomic E-state index is 12.4. The van der Waals surface area contributed by atoms with Crippen molar-refractivity contribution in [3.05, 3.63) is 54.9 Å². The molecule has 1 aromatic carbocycles. The topological polar surface area (TPSA) is 115 Å². The number of nitro benzene ring substituents is 1. The predicted octanol–water partition coefficient (Wildman–Crippen LogP) is 3.53. The Morgan fingerprint density at radius 3 is 2.62 bits per heavy atom. The van der Waals surface area contributed by atoms with Crippen LogP contribution in [0.3, 0.4) is 0 Å². The van der Waals surface area contributed by atoms with Crippen LogP contribution in [-0.2, 0) is 6.42 Å². The number of thiophene rings is 1. The molecule has 1 aromatic heterocycles. The number of nitrogens with one attached hydrogen (secondary N) is 1. The molecule has 0 unspecified atom stereocenters. The molecule has 0 aliphatic heterocycles. The number of benzene rings is 1. The van der Waals surface area contributed by atoms with Gasteiger partial charge in [-0.3, -0.25) is 19.7 Å². The lowest BCUT2D eigenvalue weighted by molar-refractivity contribution is -0.385. The van der Waals surface area contributed by atoms with Gasteiger partial charge in [-0.05, 0) is 31.0 Å². The Labute approximate surface area is 146 Å². The summed E-state index contributed by atoms with van der Waals surface area (Å²) in [5.41, 5.74) is 5.84. The first-order chi connectivity index (χ1) is 11.3. The number of rotatable bonds is 5. The second kappa shape index (κ2) is 6.98. The van der Waals surface area contributed by atoms with E-state index in [-0.39, 0.29) is 21.2 Å². The minimum Gasteiger partial charge on any atom is -0.365 e. The highest BCUT2D eigenvalue weighted by atomic mass is 35.5. The van der Waals surface area contributed by atoms with Crippen LogP contribution in [0.25, 0.3) is 0 Å². The summed E-state index contributed by atoms with van der Waals surface area (Å²) in [5, 5.41) is 14.1. The lowest BCUT2D eigenvalue weighted by Crippen LogP contribution is -2.18. The number of nitro groups is 1. The summed E-state index contributed by atoms with van der Waals surface area (Å²) in [4.78, 5) is 35.4. The molecule has 0 aliphatic rings. The zero-order chi connectivity index (χ0) is 18.0. The van der Waals surface area contributed by atoms with Gasteiger partial charge in [-0.15, -0.1) is 11.3 Å². The van der Waals surface area contributed by atoms with Crippen molar-refractivity contribution in [2.45, 2.75) is 20.3 Å². The number of anilines is 1. The quantitative estimate of drug-likeness (QED) is 0.621. The van der Waals surface area contributed by atoms with Gasteiger partial charge in [0.15, 0.2) is 0 Å². The van der Waals surface area contributed by atoms with Crippen molar-refractivity contribution in [3.63, 3.8) is 0 Å². The zero-order valence-corrected chi connectivity index (χ0v) is 14.5. The van der Waals surface area contributed by atoms with Gasteiger partial charge in [-0.25, -0.2) is 0 Å². The number of nitrogens with two attached hydrogens (primary N) is 1. The molecule has 3 N–H and O–H groups in total. The van der Waals surface area contributed by atoms with Crippen molar-refractivity contribution in [1.82, 2.24) is 0 Å². The maximum absolute atomic E-state index is 12.4. The van der Waals surface area contributed by atoms with Crippen LogP contribution < -0.4 is 11.1 Å². The summed E-state index contributed by atoms with van der Waals surface area (Å²) in [5.74, 6) is -1.36. The lowest BCUT2D eigenvalue weighted by atomic mass is 10.1. The predicted molar refractivity (Wildman–Crippen MR) is 93.0 cm³/mol. The van der Waals surface area contributed by atoms with Gasteiger partial charge < -0.3 is 11.1 Å². The van der Waals surface area contributed by atoms with Crippen molar-refractivity contribution >= 4 is 45.4 Å². The number of halogens is 1. The molecule has 0 saturated carbocycles. The molecule has 0 aliphatic carbocycles. The number of carbonyl (C=O) groups is 2. The fourth-order valence-corrected chi connectivity index (χ4v) is 3.68. The highest BCUT2D eigenvalue weighted by Crippen LogP contribution is 2.34. The molecule has 0 bridgehead atoms. The van der Waals surface area contributed by atoms with E-state index >= 15 is 0 Å². The van der Waals surface area contributed by atoms with E-state index in [0.717, 1.165) is 16.5 Å². The third-order valence-electron chi connectivity index (χ3n) is 3.44. The molecule has 0 radical (unpaired) electrons. The van der Waals surface area contributed by atoms with Gasteiger partial charge in [0.2, 0.25) is 0 Å². The second-order valence-corrected chi connectivity index (χ2v) is 6.59. The summed E-state index contributed by atoms with van der Waals surface area (Å²) < 4.78 is 0. The summed E-state index contributed by atoms with van der Waals surface area (Å²) in [6.07, 6.45) is 0.581. The molecular weight excluding hydrogens is 354 g/mol. The third-order valence-corrected chi connectivity index (χ3v) is 4.74. The van der Waals surface area contributed by atoms with E-state index in [1.807, 2.05) is 13.8 Å². The molecule has 2 amide bonds. The van der Waals surface area contributed by atoms with Crippen LogP contribution in [0.5, 0.6) is 0 Å². The van der Waals surface area contributed by atoms with Gasteiger partial charge in [0.25, 0.3) is 17.5 Å². The van der Waals surface area contributed by atoms with Gasteiger partial charge in [-0.2, -0.15) is 0 Å². The van der Waals surface area contributed by atoms with Gasteiger partial charge in [0, 0.05) is 16.0 Å². The molecule has 2 aromatic rings. The number of amides is 2. The van der Waals surface area contributed by atoms with Crippen molar-refractivity contribution in [2.75, 3.05) is 5.32 Å². The standard InChI is InChI=1S/C15H14ClN3O4S/c1-3-9-7(2)24-15(12(9)13(17)20)18-14(21)10-5-4-8(16)6-11(10)19(22)23/h4-6H,3H2,1-2H3,(H2,17,20)(H,18,21). The van der Waals surface area contributed by atoms with E-state index in [2.05, 4.69) is 5.32 Å². The largest absolute Gasteiger partial charge is 0.365 e. The Bertz CT molecular complexity index is 847. The molecule has 0 spiro atoms. The van der Waals surface area contributed by atoms with Crippen molar-refractivity contribution in [3.8, 4) is 0 Å². The Kier molecular flexibility index (Phi) is 5.20. The third kappa shape index (κ3) is 3.39.